The molecule has 0 unspecified atom stereocenters. The third-order valence-electron chi connectivity index (χ3n) is 3.81. The first kappa shape index (κ1) is 19.6. The summed E-state index contributed by atoms with van der Waals surface area (Å²) in [6.07, 6.45) is 1.37. The maximum atomic E-state index is 12.4. The van der Waals surface area contributed by atoms with Gasteiger partial charge in [0.25, 0.3) is 5.91 Å². The summed E-state index contributed by atoms with van der Waals surface area (Å²) in [4.78, 5) is 12.4. The summed E-state index contributed by atoms with van der Waals surface area (Å²) in [5.74, 6) is 0.939. The fourth-order valence-corrected chi connectivity index (χ4v) is 2.72. The largest absolute Gasteiger partial charge is 0.497 e. The molecule has 0 spiro atoms. The Morgan fingerprint density at radius 2 is 1.96 bits per heavy atom. The van der Waals surface area contributed by atoms with Crippen molar-refractivity contribution in [3.63, 3.8) is 0 Å². The van der Waals surface area contributed by atoms with E-state index in [9.17, 15) is 10.1 Å². The number of ether oxygens (including phenoxy) is 1. The first-order valence-corrected chi connectivity index (χ1v) is 8.88. The summed E-state index contributed by atoms with van der Waals surface area (Å²) < 4.78 is 10.8. The highest BCUT2D eigenvalue weighted by atomic mass is 35.5. The van der Waals surface area contributed by atoms with Gasteiger partial charge in [-0.3, -0.25) is 4.79 Å². The van der Waals surface area contributed by atoms with Crippen molar-refractivity contribution in [1.82, 2.24) is 0 Å². The third-order valence-corrected chi connectivity index (χ3v) is 4.55. The number of furan rings is 1. The molecule has 0 aliphatic rings. The molecule has 0 fully saturated rings. The summed E-state index contributed by atoms with van der Waals surface area (Å²) in [6, 6.07) is 17.2. The van der Waals surface area contributed by atoms with Crippen LogP contribution < -0.4 is 10.1 Å². The normalized spacial score (nSPS) is 11.0. The Morgan fingerprint density at radius 3 is 2.68 bits per heavy atom. The Hall–Kier alpha value is -3.20. The number of carbonyl (C=O) groups is 1. The monoisotopic (exact) mass is 412 g/mol. The molecule has 0 bridgehead atoms. The number of amides is 1. The number of benzene rings is 2. The van der Waals surface area contributed by atoms with Gasteiger partial charge in [-0.15, -0.1) is 0 Å². The minimum absolute atomic E-state index is 0.0992. The van der Waals surface area contributed by atoms with Gasteiger partial charge in [-0.05, 0) is 42.5 Å². The molecule has 1 heterocycles. The van der Waals surface area contributed by atoms with Crippen LogP contribution >= 0.6 is 23.2 Å². The molecule has 0 atom stereocenters. The maximum Gasteiger partial charge on any atom is 0.266 e. The number of hydrogen-bond donors (Lipinski definition) is 1. The van der Waals surface area contributed by atoms with E-state index in [1.807, 2.05) is 6.07 Å². The number of halogens is 2. The van der Waals surface area contributed by atoms with Crippen molar-refractivity contribution in [2.24, 2.45) is 0 Å². The van der Waals surface area contributed by atoms with E-state index in [2.05, 4.69) is 5.32 Å². The fourth-order valence-electron chi connectivity index (χ4n) is 2.43. The van der Waals surface area contributed by atoms with Crippen LogP contribution in [-0.2, 0) is 4.79 Å². The molecule has 1 aromatic heterocycles. The number of hydrogen-bond acceptors (Lipinski definition) is 4. The molecule has 2 aromatic carbocycles. The van der Waals surface area contributed by atoms with Crippen LogP contribution in [0.1, 0.15) is 5.76 Å². The van der Waals surface area contributed by atoms with Gasteiger partial charge >= 0.3 is 0 Å². The first-order valence-electron chi connectivity index (χ1n) is 8.12. The Kier molecular flexibility index (Phi) is 6.05. The number of anilines is 1. The lowest BCUT2D eigenvalue weighted by Gasteiger charge is -2.06. The van der Waals surface area contributed by atoms with Crippen LogP contribution in [0.5, 0.6) is 5.75 Å². The maximum absolute atomic E-state index is 12.4. The number of nitrogens with zero attached hydrogens (tertiary/aromatic N) is 1. The zero-order valence-corrected chi connectivity index (χ0v) is 16.2. The molecule has 5 nitrogen and oxygen atoms in total. The van der Waals surface area contributed by atoms with Crippen LogP contribution in [0.4, 0.5) is 5.69 Å². The van der Waals surface area contributed by atoms with Crippen LogP contribution in [0.2, 0.25) is 10.0 Å². The van der Waals surface area contributed by atoms with Crippen molar-refractivity contribution in [2.45, 2.75) is 0 Å². The molecule has 0 saturated carbocycles. The molecular formula is C21H14Cl2N2O3. The second-order valence-corrected chi connectivity index (χ2v) is 6.50. The quantitative estimate of drug-likeness (QED) is 0.423. The summed E-state index contributed by atoms with van der Waals surface area (Å²) in [7, 11) is 1.53. The van der Waals surface area contributed by atoms with Crippen molar-refractivity contribution in [2.75, 3.05) is 12.4 Å². The molecule has 7 heteroatoms. The Bertz CT molecular complexity index is 1100. The fraction of sp³-hybridized carbons (Fsp3) is 0.0476. The average Bonchev–Trinajstić information content (AvgIpc) is 3.17. The van der Waals surface area contributed by atoms with Crippen molar-refractivity contribution in [1.29, 1.82) is 5.26 Å². The van der Waals surface area contributed by atoms with Crippen molar-refractivity contribution in [3.05, 3.63) is 76.0 Å². The predicted octanol–water partition coefficient (Wildman–Crippen LogP) is 5.81. The molecule has 28 heavy (non-hydrogen) atoms. The smallest absolute Gasteiger partial charge is 0.266 e. The standard InChI is InChI=1S/C21H14Cl2N2O3/c1-27-16-4-2-3-15(11-16)25-21(26)14(12-24)9-17-6-8-20(28-17)13-5-7-18(22)19(23)10-13/h2-11H,1H3,(H,25,26)/b14-9+. The van der Waals surface area contributed by atoms with Crippen LogP contribution in [0.25, 0.3) is 17.4 Å². The van der Waals surface area contributed by atoms with Gasteiger partial charge in [0.2, 0.25) is 0 Å². The highest BCUT2D eigenvalue weighted by molar-refractivity contribution is 6.42. The summed E-state index contributed by atoms with van der Waals surface area (Å²) >= 11 is 11.9. The topological polar surface area (TPSA) is 75.3 Å². The molecule has 3 aromatic rings. The lowest BCUT2D eigenvalue weighted by Crippen LogP contribution is -2.13. The third kappa shape index (κ3) is 4.55. The van der Waals surface area contributed by atoms with Crippen LogP contribution in [0.15, 0.2) is 64.6 Å². The van der Waals surface area contributed by atoms with Gasteiger partial charge in [0.15, 0.2) is 0 Å². The lowest BCUT2D eigenvalue weighted by molar-refractivity contribution is -0.112. The van der Waals surface area contributed by atoms with Crippen molar-refractivity contribution >= 4 is 40.9 Å². The van der Waals surface area contributed by atoms with E-state index in [0.717, 1.165) is 5.56 Å². The average molecular weight is 413 g/mol. The van der Waals surface area contributed by atoms with Gasteiger partial charge in [-0.2, -0.15) is 5.26 Å². The van der Waals surface area contributed by atoms with Crippen LogP contribution in [0.3, 0.4) is 0 Å². The summed E-state index contributed by atoms with van der Waals surface area (Å²) in [5, 5.41) is 12.9. The summed E-state index contributed by atoms with van der Waals surface area (Å²) in [5.41, 5.74) is 1.15. The van der Waals surface area contributed by atoms with E-state index in [1.54, 1.807) is 54.6 Å². The number of rotatable bonds is 5. The van der Waals surface area contributed by atoms with Gasteiger partial charge in [0.05, 0.1) is 17.2 Å². The molecule has 1 amide bonds. The van der Waals surface area contributed by atoms with Crippen molar-refractivity contribution in [3.8, 4) is 23.1 Å². The molecule has 1 N–H and O–H groups in total. The van der Waals surface area contributed by atoms with E-state index in [4.69, 9.17) is 32.4 Å². The summed E-state index contributed by atoms with van der Waals surface area (Å²) in [6.45, 7) is 0. The van der Waals surface area contributed by atoms with Gasteiger partial charge in [-0.1, -0.05) is 29.3 Å². The Morgan fingerprint density at radius 1 is 1.14 bits per heavy atom. The molecule has 0 aliphatic heterocycles. The van der Waals surface area contributed by atoms with Gasteiger partial charge < -0.3 is 14.5 Å². The zero-order valence-electron chi connectivity index (χ0n) is 14.7. The Balaban J connectivity index is 1.80. The minimum atomic E-state index is -0.553. The Labute approximate surface area is 171 Å². The van der Waals surface area contributed by atoms with E-state index >= 15 is 0 Å². The number of nitrogens with one attached hydrogen (secondary N) is 1. The molecule has 0 aliphatic carbocycles. The van der Waals surface area contributed by atoms with Gasteiger partial charge in [0, 0.05) is 23.4 Å². The number of carbonyl (C=O) groups excluding carboxylic acids is 1. The van der Waals surface area contributed by atoms with Gasteiger partial charge in [-0.25, -0.2) is 0 Å². The molecule has 3 rings (SSSR count). The minimum Gasteiger partial charge on any atom is -0.497 e. The number of methoxy groups -OCH3 is 1. The van der Waals surface area contributed by atoms with Gasteiger partial charge in [0.1, 0.15) is 28.9 Å². The molecular weight excluding hydrogens is 399 g/mol. The highest BCUT2D eigenvalue weighted by Crippen LogP contribution is 2.30. The first-order chi connectivity index (χ1) is 13.5. The van der Waals surface area contributed by atoms with E-state index in [-0.39, 0.29) is 5.57 Å². The predicted molar refractivity (Wildman–Crippen MR) is 109 cm³/mol. The van der Waals surface area contributed by atoms with Crippen LogP contribution in [0, 0.1) is 11.3 Å². The van der Waals surface area contributed by atoms with Crippen LogP contribution in [-0.4, -0.2) is 13.0 Å². The molecule has 0 radical (unpaired) electrons. The molecule has 0 saturated heterocycles. The second-order valence-electron chi connectivity index (χ2n) is 5.69. The lowest BCUT2D eigenvalue weighted by atomic mass is 10.2. The SMILES string of the molecule is COc1cccc(NC(=O)/C(C#N)=C/c2ccc(-c3ccc(Cl)c(Cl)c3)o2)c1. The number of nitriles is 1. The van der Waals surface area contributed by atoms with E-state index in [1.165, 1.54) is 13.2 Å². The van der Waals surface area contributed by atoms with Crippen molar-refractivity contribution < 1.29 is 13.9 Å². The van der Waals surface area contributed by atoms with E-state index in [0.29, 0.717) is 33.0 Å². The van der Waals surface area contributed by atoms with E-state index < -0.39 is 5.91 Å². The second kappa shape index (κ2) is 8.66. The highest BCUT2D eigenvalue weighted by Gasteiger charge is 2.12. The zero-order chi connectivity index (χ0) is 20.1. The molecule has 140 valence electrons.